The van der Waals surface area contributed by atoms with Crippen LogP contribution in [-0.4, -0.2) is 32.0 Å². The number of nitrogens with two attached hydrogens (primary N) is 2. The van der Waals surface area contributed by atoms with E-state index in [9.17, 15) is 67.1 Å². The van der Waals surface area contributed by atoms with Gasteiger partial charge >= 0.3 is 18.5 Å². The molecule has 0 saturated heterocycles. The van der Waals surface area contributed by atoms with Gasteiger partial charge in [-0.1, -0.05) is 24.3 Å². The lowest BCUT2D eigenvalue weighted by molar-refractivity contribution is -0.138. The summed E-state index contributed by atoms with van der Waals surface area (Å²) in [6.07, 6.45) is -15.1. The van der Waals surface area contributed by atoms with E-state index in [0.29, 0.717) is 29.2 Å². The van der Waals surface area contributed by atoms with E-state index in [-0.39, 0.29) is 55.8 Å². The Balaban J connectivity index is 1.08. The number of anilines is 4. The molecule has 0 bridgehead atoms. The number of carbonyl (C=O) groups is 4. The van der Waals surface area contributed by atoms with Crippen LogP contribution in [0.25, 0.3) is 22.3 Å². The lowest BCUT2D eigenvalue weighted by Crippen LogP contribution is -2.31. The molecule has 0 fully saturated rings. The van der Waals surface area contributed by atoms with Crippen molar-refractivity contribution < 1.29 is 67.1 Å². The van der Waals surface area contributed by atoms with Crippen LogP contribution in [-0.2, 0) is 28.4 Å². The molecule has 0 unspecified atom stereocenters. The zero-order chi connectivity index (χ0) is 45.7. The van der Waals surface area contributed by atoms with Gasteiger partial charge in [0, 0.05) is 11.4 Å². The molecule has 320 valence electrons. The van der Waals surface area contributed by atoms with Crippen LogP contribution in [0.15, 0.2) is 125 Å². The molecule has 2 aliphatic rings. The Morgan fingerprint density at radius 2 is 0.794 bits per heavy atom. The number of hydrogen-bond acceptors (Lipinski definition) is 8. The Kier molecular flexibility index (Phi) is 9.58. The van der Waals surface area contributed by atoms with Crippen molar-refractivity contribution in [3.8, 4) is 22.3 Å². The Morgan fingerprint density at radius 3 is 1.25 bits per heavy atom. The maximum atomic E-state index is 14.7. The fourth-order valence-electron chi connectivity index (χ4n) is 7.38. The Labute approximate surface area is 348 Å². The second-order valence-electron chi connectivity index (χ2n) is 14.2. The van der Waals surface area contributed by atoms with Crippen molar-refractivity contribution in [3.63, 3.8) is 0 Å². The van der Waals surface area contributed by atoms with Crippen molar-refractivity contribution in [1.82, 2.24) is 0 Å². The number of sulfone groups is 1. The summed E-state index contributed by atoms with van der Waals surface area (Å²) in [7, 11) is -4.85. The molecule has 63 heavy (non-hydrogen) atoms. The van der Waals surface area contributed by atoms with E-state index >= 15 is 0 Å². The molecule has 6 aromatic carbocycles. The first-order valence-electron chi connectivity index (χ1n) is 17.9. The number of rotatable bonds is 6. The maximum absolute atomic E-state index is 14.7. The Hall–Kier alpha value is -7.48. The van der Waals surface area contributed by atoms with Gasteiger partial charge in [-0.3, -0.25) is 19.2 Å². The van der Waals surface area contributed by atoms with E-state index in [1.165, 1.54) is 12.1 Å². The molecule has 0 radical (unpaired) electrons. The number of halogens is 9. The van der Waals surface area contributed by atoms with Crippen LogP contribution in [0, 0.1) is 0 Å². The standard InChI is InChI=1S/C43H23F9N4O6S/c44-41(45,46)33-17-22(53)3-12-27(33)20-1-10-29-31(15-20)39(59)55(37(29)57)24-5-7-25(8-6-24)63(61,62)26-9-14-36(35(19-26)43(50,51)52)56-38(58)30-11-2-21(16-32(30)40(56)60)28-13-4-23(54)18-34(28)42(47,48)49/h1-19H,53-54H2. The van der Waals surface area contributed by atoms with E-state index in [1.54, 1.807) is 0 Å². The van der Waals surface area contributed by atoms with Crippen molar-refractivity contribution in [2.45, 2.75) is 28.3 Å². The predicted molar refractivity (Wildman–Crippen MR) is 208 cm³/mol. The summed E-state index contributed by atoms with van der Waals surface area (Å²) in [5.41, 5.74) is 2.98. The van der Waals surface area contributed by atoms with Crippen LogP contribution < -0.4 is 21.3 Å². The van der Waals surface area contributed by atoms with Crippen LogP contribution in [0.3, 0.4) is 0 Å². The minimum absolute atomic E-state index is 0.0655. The van der Waals surface area contributed by atoms with Crippen LogP contribution >= 0.6 is 0 Å². The highest BCUT2D eigenvalue weighted by Gasteiger charge is 2.45. The van der Waals surface area contributed by atoms with Gasteiger partial charge in [-0.15, -0.1) is 0 Å². The summed E-state index contributed by atoms with van der Waals surface area (Å²) in [4.78, 5) is 53.1. The third-order valence-corrected chi connectivity index (χ3v) is 12.1. The number of hydrogen-bond donors (Lipinski definition) is 2. The van der Waals surface area contributed by atoms with Gasteiger partial charge in [0.2, 0.25) is 9.84 Å². The molecule has 0 aromatic heterocycles. The second kappa shape index (κ2) is 14.3. The fraction of sp³-hybridized carbons (Fsp3) is 0.0698. The highest BCUT2D eigenvalue weighted by molar-refractivity contribution is 7.91. The van der Waals surface area contributed by atoms with E-state index in [0.717, 1.165) is 72.8 Å². The molecule has 0 aliphatic carbocycles. The molecular formula is C43H23F9N4O6S. The van der Waals surface area contributed by atoms with Crippen LogP contribution in [0.1, 0.15) is 58.1 Å². The molecule has 4 amide bonds. The van der Waals surface area contributed by atoms with Crippen molar-refractivity contribution in [3.05, 3.63) is 154 Å². The molecule has 10 nitrogen and oxygen atoms in total. The number of alkyl halides is 9. The molecule has 4 N–H and O–H groups in total. The zero-order valence-electron chi connectivity index (χ0n) is 31.3. The van der Waals surface area contributed by atoms with Crippen molar-refractivity contribution in [2.75, 3.05) is 21.3 Å². The zero-order valence-corrected chi connectivity index (χ0v) is 32.1. The van der Waals surface area contributed by atoms with Gasteiger partial charge in [-0.2, -0.15) is 39.5 Å². The van der Waals surface area contributed by atoms with Gasteiger partial charge < -0.3 is 11.5 Å². The number of fused-ring (bicyclic) bond motifs is 2. The summed E-state index contributed by atoms with van der Waals surface area (Å²) in [5.74, 6) is -4.48. The quantitative estimate of drug-likeness (QED) is 0.0950. The van der Waals surface area contributed by atoms with E-state index in [2.05, 4.69) is 0 Å². The number of benzene rings is 6. The molecular weight excluding hydrogens is 872 g/mol. The second-order valence-corrected chi connectivity index (χ2v) is 16.1. The average Bonchev–Trinajstić information content (AvgIpc) is 3.62. The van der Waals surface area contributed by atoms with E-state index < -0.39 is 101 Å². The summed E-state index contributed by atoms with van der Waals surface area (Å²) in [6, 6.07) is 17.5. The monoisotopic (exact) mass is 894 g/mol. The van der Waals surface area contributed by atoms with Gasteiger partial charge in [-0.25, -0.2) is 18.2 Å². The molecule has 0 saturated carbocycles. The fourth-order valence-corrected chi connectivity index (χ4v) is 8.67. The number of nitrogens with zero attached hydrogens (tertiary/aromatic N) is 2. The van der Waals surface area contributed by atoms with Gasteiger partial charge in [0.05, 0.1) is 60.1 Å². The van der Waals surface area contributed by atoms with Gasteiger partial charge in [0.1, 0.15) is 0 Å². The van der Waals surface area contributed by atoms with Crippen LogP contribution in [0.4, 0.5) is 62.3 Å². The molecule has 2 aliphatic heterocycles. The minimum atomic E-state index is -5.38. The summed E-state index contributed by atoms with van der Waals surface area (Å²) < 4.78 is 155. The van der Waals surface area contributed by atoms with Crippen molar-refractivity contribution in [2.24, 2.45) is 0 Å². The highest BCUT2D eigenvalue weighted by atomic mass is 32.2. The highest BCUT2D eigenvalue weighted by Crippen LogP contribution is 2.45. The average molecular weight is 895 g/mol. The number of nitrogen functional groups attached to an aromatic ring is 2. The molecule has 0 spiro atoms. The number of amides is 4. The van der Waals surface area contributed by atoms with Crippen molar-refractivity contribution >= 4 is 56.2 Å². The Morgan fingerprint density at radius 1 is 0.397 bits per heavy atom. The SMILES string of the molecule is Nc1ccc(-c2ccc3c(c2)C(=O)N(c2ccc(S(=O)(=O)c4ccc(N5C(=O)c6ccc(-c7ccc(N)cc7C(F)(F)F)cc6C5=O)c(C(F)(F)F)c4)cc2)C3=O)c(C(F)(F)F)c1. The number of imide groups is 2. The summed E-state index contributed by atoms with van der Waals surface area (Å²) in [5, 5.41) is 0. The Bertz CT molecular complexity index is 3110. The molecule has 6 aromatic rings. The first-order valence-corrected chi connectivity index (χ1v) is 19.4. The number of carbonyl (C=O) groups excluding carboxylic acids is 4. The topological polar surface area (TPSA) is 161 Å². The third kappa shape index (κ3) is 7.10. The summed E-state index contributed by atoms with van der Waals surface area (Å²) >= 11 is 0. The largest absolute Gasteiger partial charge is 0.418 e. The molecule has 8 rings (SSSR count). The minimum Gasteiger partial charge on any atom is -0.399 e. The van der Waals surface area contributed by atoms with Gasteiger partial charge in [0.15, 0.2) is 0 Å². The van der Waals surface area contributed by atoms with E-state index in [4.69, 9.17) is 11.5 Å². The lowest BCUT2D eigenvalue weighted by atomic mass is 9.95. The molecule has 0 atom stereocenters. The van der Waals surface area contributed by atoms with Gasteiger partial charge in [0.25, 0.3) is 23.6 Å². The molecule has 2 heterocycles. The van der Waals surface area contributed by atoms with Crippen LogP contribution in [0.2, 0.25) is 0 Å². The van der Waals surface area contributed by atoms with Crippen molar-refractivity contribution in [1.29, 1.82) is 0 Å². The lowest BCUT2D eigenvalue weighted by Gasteiger charge is -2.21. The predicted octanol–water partition coefficient (Wildman–Crippen LogP) is 9.68. The first-order chi connectivity index (χ1) is 29.4. The van der Waals surface area contributed by atoms with Crippen LogP contribution in [0.5, 0.6) is 0 Å². The summed E-state index contributed by atoms with van der Waals surface area (Å²) in [6.45, 7) is 0. The normalized spacial score (nSPS) is 14.4. The first kappa shape index (κ1) is 42.2. The smallest absolute Gasteiger partial charge is 0.399 e. The van der Waals surface area contributed by atoms with E-state index in [1.807, 2.05) is 0 Å². The maximum Gasteiger partial charge on any atom is 0.418 e. The van der Waals surface area contributed by atoms with Gasteiger partial charge in [-0.05, 0) is 113 Å². The third-order valence-electron chi connectivity index (χ3n) is 10.3. The molecule has 20 heteroatoms.